The Morgan fingerprint density at radius 3 is 2.92 bits per heavy atom. The van der Waals surface area contributed by atoms with Crippen molar-refractivity contribution < 1.29 is 4.52 Å². The van der Waals surface area contributed by atoms with Crippen molar-refractivity contribution in [3.63, 3.8) is 0 Å². The van der Waals surface area contributed by atoms with Gasteiger partial charge in [-0.15, -0.1) is 0 Å². The van der Waals surface area contributed by atoms with Gasteiger partial charge >= 0.3 is 0 Å². The van der Waals surface area contributed by atoms with Crippen LogP contribution in [0.1, 0.15) is 0 Å². The van der Waals surface area contributed by atoms with Crippen LogP contribution in [-0.4, -0.2) is 14.9 Å². The van der Waals surface area contributed by atoms with Gasteiger partial charge in [0.05, 0.1) is 18.0 Å². The standard InChI is InChI=1S/C8H8N4O/c1-2-12-5-6(3-10-12)8-7(9)4-11-13-8/h2-5H,1,9H2. The number of nitrogens with two attached hydrogens (primary N) is 1. The molecule has 66 valence electrons. The smallest absolute Gasteiger partial charge is 0.192 e. The van der Waals surface area contributed by atoms with E-state index in [0.717, 1.165) is 5.56 Å². The Kier molecular flexibility index (Phi) is 1.63. The molecule has 2 aromatic rings. The highest BCUT2D eigenvalue weighted by Gasteiger charge is 2.08. The minimum Gasteiger partial charge on any atom is -0.394 e. The molecule has 2 aromatic heterocycles. The molecule has 0 fully saturated rings. The summed E-state index contributed by atoms with van der Waals surface area (Å²) in [5.74, 6) is 0.535. The molecule has 0 amide bonds. The zero-order valence-corrected chi connectivity index (χ0v) is 6.84. The number of nitrogen functional groups attached to an aromatic ring is 1. The van der Waals surface area contributed by atoms with Gasteiger partial charge in [0.25, 0.3) is 0 Å². The number of anilines is 1. The lowest BCUT2D eigenvalue weighted by molar-refractivity contribution is 0.432. The molecule has 0 radical (unpaired) electrons. The van der Waals surface area contributed by atoms with E-state index in [1.54, 1.807) is 23.3 Å². The summed E-state index contributed by atoms with van der Waals surface area (Å²) in [5.41, 5.74) is 6.89. The molecule has 2 rings (SSSR count). The Labute approximate surface area is 74.4 Å². The maximum Gasteiger partial charge on any atom is 0.192 e. The fourth-order valence-electron chi connectivity index (χ4n) is 1.02. The van der Waals surface area contributed by atoms with E-state index in [1.807, 2.05) is 0 Å². The molecular formula is C8H8N4O. The molecular weight excluding hydrogens is 168 g/mol. The first-order chi connectivity index (χ1) is 6.31. The van der Waals surface area contributed by atoms with E-state index < -0.39 is 0 Å². The summed E-state index contributed by atoms with van der Waals surface area (Å²) in [7, 11) is 0. The van der Waals surface area contributed by atoms with Crippen LogP contribution in [0.25, 0.3) is 17.5 Å². The van der Waals surface area contributed by atoms with E-state index in [1.165, 1.54) is 6.20 Å². The molecule has 0 atom stereocenters. The number of hydrogen-bond acceptors (Lipinski definition) is 4. The van der Waals surface area contributed by atoms with Crippen LogP contribution in [0.5, 0.6) is 0 Å². The monoisotopic (exact) mass is 176 g/mol. The highest BCUT2D eigenvalue weighted by atomic mass is 16.5. The van der Waals surface area contributed by atoms with Crippen molar-refractivity contribution in [1.29, 1.82) is 0 Å². The predicted octanol–water partition coefficient (Wildman–Crippen LogP) is 1.22. The summed E-state index contributed by atoms with van der Waals surface area (Å²) in [5, 5.41) is 7.56. The minimum atomic E-state index is 0.503. The zero-order chi connectivity index (χ0) is 9.26. The fourth-order valence-corrected chi connectivity index (χ4v) is 1.02. The topological polar surface area (TPSA) is 69.9 Å². The molecule has 2 N–H and O–H groups in total. The summed E-state index contributed by atoms with van der Waals surface area (Å²) >= 11 is 0. The van der Waals surface area contributed by atoms with Gasteiger partial charge in [0.15, 0.2) is 5.76 Å². The van der Waals surface area contributed by atoms with E-state index in [0.29, 0.717) is 11.4 Å². The molecule has 5 heteroatoms. The average Bonchev–Trinajstić information content (AvgIpc) is 2.71. The third-order valence-electron chi connectivity index (χ3n) is 1.65. The van der Waals surface area contributed by atoms with Gasteiger partial charge in [-0.1, -0.05) is 11.7 Å². The molecule has 13 heavy (non-hydrogen) atoms. The number of aromatic nitrogens is 3. The summed E-state index contributed by atoms with van der Waals surface area (Å²) in [6.45, 7) is 3.57. The van der Waals surface area contributed by atoms with Crippen molar-refractivity contribution >= 4 is 11.9 Å². The third kappa shape index (κ3) is 1.20. The summed E-state index contributed by atoms with van der Waals surface area (Å²) in [4.78, 5) is 0. The van der Waals surface area contributed by atoms with Crippen molar-refractivity contribution in [2.75, 3.05) is 5.73 Å². The Hall–Kier alpha value is -2.04. The second-order valence-corrected chi connectivity index (χ2v) is 2.50. The Morgan fingerprint density at radius 1 is 1.54 bits per heavy atom. The SMILES string of the molecule is C=Cn1cc(-c2oncc2N)cn1. The molecule has 0 saturated heterocycles. The van der Waals surface area contributed by atoms with Crippen LogP contribution in [0, 0.1) is 0 Å². The van der Waals surface area contributed by atoms with Crippen LogP contribution < -0.4 is 5.73 Å². The molecule has 0 aromatic carbocycles. The first-order valence-electron chi connectivity index (χ1n) is 3.68. The third-order valence-corrected chi connectivity index (χ3v) is 1.65. The van der Waals surface area contributed by atoms with E-state index in [-0.39, 0.29) is 0 Å². The molecule has 0 unspecified atom stereocenters. The van der Waals surface area contributed by atoms with Crippen molar-refractivity contribution in [3.05, 3.63) is 25.2 Å². The van der Waals surface area contributed by atoms with Gasteiger partial charge in [-0.2, -0.15) is 5.10 Å². The lowest BCUT2D eigenvalue weighted by Gasteiger charge is -1.88. The first kappa shape index (κ1) is 7.60. The van der Waals surface area contributed by atoms with Crippen molar-refractivity contribution in [3.8, 4) is 11.3 Å². The highest BCUT2D eigenvalue weighted by molar-refractivity contribution is 5.68. The van der Waals surface area contributed by atoms with Gasteiger partial charge in [0, 0.05) is 12.4 Å². The van der Waals surface area contributed by atoms with Crippen LogP contribution in [0.3, 0.4) is 0 Å². The van der Waals surface area contributed by atoms with Gasteiger partial charge in [0.2, 0.25) is 0 Å². The average molecular weight is 176 g/mol. The van der Waals surface area contributed by atoms with Crippen LogP contribution in [0.4, 0.5) is 5.69 Å². The second kappa shape index (κ2) is 2.78. The maximum absolute atomic E-state index is 5.60. The lowest BCUT2D eigenvalue weighted by Crippen LogP contribution is -1.83. The number of nitrogens with zero attached hydrogens (tertiary/aromatic N) is 3. The lowest BCUT2D eigenvalue weighted by atomic mass is 10.2. The van der Waals surface area contributed by atoms with Crippen LogP contribution in [0.2, 0.25) is 0 Å². The molecule has 0 aliphatic carbocycles. The number of hydrogen-bond donors (Lipinski definition) is 1. The Balaban J connectivity index is 2.46. The minimum absolute atomic E-state index is 0.503. The zero-order valence-electron chi connectivity index (χ0n) is 6.84. The normalized spacial score (nSPS) is 10.2. The van der Waals surface area contributed by atoms with E-state index in [2.05, 4.69) is 16.8 Å². The van der Waals surface area contributed by atoms with Crippen LogP contribution in [-0.2, 0) is 0 Å². The fraction of sp³-hybridized carbons (Fsp3) is 0. The largest absolute Gasteiger partial charge is 0.394 e. The highest BCUT2D eigenvalue weighted by Crippen LogP contribution is 2.24. The second-order valence-electron chi connectivity index (χ2n) is 2.50. The van der Waals surface area contributed by atoms with Crippen molar-refractivity contribution in [2.24, 2.45) is 0 Å². The molecule has 0 saturated carbocycles. The van der Waals surface area contributed by atoms with Gasteiger partial charge in [-0.3, -0.25) is 0 Å². The summed E-state index contributed by atoms with van der Waals surface area (Å²) < 4.78 is 6.51. The maximum atomic E-state index is 5.60. The van der Waals surface area contributed by atoms with Gasteiger partial charge < -0.3 is 10.3 Å². The van der Waals surface area contributed by atoms with Crippen LogP contribution >= 0.6 is 0 Å². The van der Waals surface area contributed by atoms with Gasteiger partial charge in [-0.05, 0) is 0 Å². The molecule has 0 spiro atoms. The van der Waals surface area contributed by atoms with Gasteiger partial charge in [0.1, 0.15) is 5.69 Å². The van der Waals surface area contributed by atoms with E-state index in [9.17, 15) is 0 Å². The quantitative estimate of drug-likeness (QED) is 0.746. The van der Waals surface area contributed by atoms with E-state index >= 15 is 0 Å². The predicted molar refractivity (Wildman–Crippen MR) is 48.5 cm³/mol. The molecule has 0 aliphatic heterocycles. The number of rotatable bonds is 2. The Morgan fingerprint density at radius 2 is 2.38 bits per heavy atom. The molecule has 5 nitrogen and oxygen atoms in total. The van der Waals surface area contributed by atoms with Crippen molar-refractivity contribution in [2.45, 2.75) is 0 Å². The van der Waals surface area contributed by atoms with E-state index in [4.69, 9.17) is 10.3 Å². The molecule has 2 heterocycles. The van der Waals surface area contributed by atoms with Gasteiger partial charge in [-0.25, -0.2) is 4.68 Å². The molecule has 0 bridgehead atoms. The molecule has 0 aliphatic rings. The summed E-state index contributed by atoms with van der Waals surface area (Å²) in [6, 6.07) is 0. The van der Waals surface area contributed by atoms with Crippen LogP contribution in [0.15, 0.2) is 29.7 Å². The first-order valence-corrected chi connectivity index (χ1v) is 3.68. The van der Waals surface area contributed by atoms with Crippen molar-refractivity contribution in [1.82, 2.24) is 14.9 Å². The Bertz CT molecular complexity index is 429. The summed E-state index contributed by atoms with van der Waals surface area (Å²) in [6.07, 6.45) is 6.43.